The molecule has 3 atom stereocenters. The fourth-order valence-corrected chi connectivity index (χ4v) is 6.75. The second kappa shape index (κ2) is 14.3. The Labute approximate surface area is 280 Å². The van der Waals surface area contributed by atoms with Gasteiger partial charge in [-0.15, -0.1) is 0 Å². The van der Waals surface area contributed by atoms with E-state index in [1.165, 1.54) is 19.9 Å². The van der Waals surface area contributed by atoms with Gasteiger partial charge in [-0.3, -0.25) is 4.98 Å². The maximum Gasteiger partial charge on any atom is 0.405 e. The molecule has 4 N–H and O–H groups in total. The van der Waals surface area contributed by atoms with E-state index in [9.17, 15) is 19.4 Å². The lowest BCUT2D eigenvalue weighted by Crippen LogP contribution is -2.62. The Morgan fingerprint density at radius 2 is 1.73 bits per heavy atom. The molecule has 0 radical (unpaired) electrons. The summed E-state index contributed by atoms with van der Waals surface area (Å²) in [6.45, 7) is 16.6. The summed E-state index contributed by atoms with van der Waals surface area (Å²) < 4.78 is 57.1. The van der Waals surface area contributed by atoms with Crippen molar-refractivity contribution in [3.8, 4) is 17.0 Å². The molecule has 262 valence electrons. The van der Waals surface area contributed by atoms with E-state index in [0.29, 0.717) is 24.5 Å². The van der Waals surface area contributed by atoms with Crippen LogP contribution >= 0.6 is 0 Å². The average Bonchev–Trinajstić information content (AvgIpc) is 2.96. The van der Waals surface area contributed by atoms with Crippen LogP contribution in [0.2, 0.25) is 18.1 Å². The highest BCUT2D eigenvalue weighted by atomic mass is 28.4. The normalized spacial score (nSPS) is 18.8. The molecule has 0 unspecified atom stereocenters. The molecule has 0 saturated carbocycles. The lowest BCUT2D eigenvalue weighted by Gasteiger charge is -2.48. The van der Waals surface area contributed by atoms with E-state index in [-0.39, 0.29) is 36.0 Å². The largest absolute Gasteiger partial charge is 0.490 e. The van der Waals surface area contributed by atoms with E-state index in [1.54, 1.807) is 12.4 Å². The van der Waals surface area contributed by atoms with Gasteiger partial charge in [0.2, 0.25) is 0 Å². The van der Waals surface area contributed by atoms with Gasteiger partial charge in [-0.05, 0) is 50.2 Å². The molecule has 10 nitrogen and oxygen atoms in total. The van der Waals surface area contributed by atoms with Crippen molar-refractivity contribution >= 4 is 25.8 Å². The number of benzene rings is 1. The van der Waals surface area contributed by atoms with Crippen LogP contribution in [0.5, 0.6) is 5.75 Å². The minimum absolute atomic E-state index is 0.0243. The van der Waals surface area contributed by atoms with Crippen molar-refractivity contribution in [2.75, 3.05) is 29.9 Å². The summed E-state index contributed by atoms with van der Waals surface area (Å²) in [6.07, 6.45) is 1.81. The average molecular weight is 690 g/mol. The standard InChI is InChI=1S/C34H46F3N5O5Si/c1-20-17-42(18-27(41-32(43)44)31(20)47-48(7,8)33(2,3)4)28-11-12-38-16-26(28)39-15-21-9-10-23(35)30(40-21)29-24(36)13-22(14-25(29)37)46-19-34(5,6)45/h9-14,16,20,27,31,39,41,45H,15,17-19H2,1-8H3,(H,43,44)/t20-,27+,31+/m0/s1. The van der Waals surface area contributed by atoms with Crippen molar-refractivity contribution in [3.05, 3.63) is 65.9 Å². The maximum absolute atomic E-state index is 15.1. The summed E-state index contributed by atoms with van der Waals surface area (Å²) in [5, 5.41) is 25.4. The molecule has 48 heavy (non-hydrogen) atoms. The Morgan fingerprint density at radius 3 is 2.33 bits per heavy atom. The molecular formula is C34H46F3N5O5Si. The van der Waals surface area contributed by atoms with E-state index in [2.05, 4.69) is 59.4 Å². The van der Waals surface area contributed by atoms with Crippen molar-refractivity contribution in [1.29, 1.82) is 0 Å². The van der Waals surface area contributed by atoms with Crippen LogP contribution in [0.15, 0.2) is 42.7 Å². The molecule has 0 bridgehead atoms. The van der Waals surface area contributed by atoms with Gasteiger partial charge in [-0.25, -0.2) is 22.9 Å². The highest BCUT2D eigenvalue weighted by Crippen LogP contribution is 2.40. The van der Waals surface area contributed by atoms with Crippen LogP contribution in [0.3, 0.4) is 0 Å². The number of anilines is 2. The second-order valence-electron chi connectivity index (χ2n) is 14.5. The Bertz CT molecular complexity index is 1590. The Morgan fingerprint density at radius 1 is 1.06 bits per heavy atom. The number of carbonyl (C=O) groups is 1. The number of aliphatic hydroxyl groups is 1. The third kappa shape index (κ3) is 8.97. The van der Waals surface area contributed by atoms with Crippen LogP contribution in [0.4, 0.5) is 29.3 Å². The van der Waals surface area contributed by atoms with E-state index >= 15 is 8.78 Å². The minimum atomic E-state index is -2.21. The van der Waals surface area contributed by atoms with Crippen molar-refractivity contribution in [2.24, 2.45) is 5.92 Å². The number of carboxylic acid groups (broad SMARTS) is 1. The molecule has 1 fully saturated rings. The van der Waals surface area contributed by atoms with Gasteiger partial charge in [-0.1, -0.05) is 27.7 Å². The van der Waals surface area contributed by atoms with Gasteiger partial charge in [0.1, 0.15) is 35.5 Å². The maximum atomic E-state index is 15.1. The number of hydrogen-bond donors (Lipinski definition) is 4. The smallest absolute Gasteiger partial charge is 0.405 e. The van der Waals surface area contributed by atoms with Gasteiger partial charge in [0.05, 0.1) is 53.1 Å². The quantitative estimate of drug-likeness (QED) is 0.161. The molecule has 1 aromatic carbocycles. The van der Waals surface area contributed by atoms with Crippen LogP contribution in [0.25, 0.3) is 11.3 Å². The highest BCUT2D eigenvalue weighted by molar-refractivity contribution is 6.74. The van der Waals surface area contributed by atoms with E-state index < -0.39 is 54.8 Å². The first-order valence-corrected chi connectivity index (χ1v) is 18.8. The Kier molecular flexibility index (Phi) is 11.0. The molecule has 0 aliphatic carbocycles. The van der Waals surface area contributed by atoms with Crippen molar-refractivity contribution in [2.45, 2.75) is 84.0 Å². The molecule has 4 rings (SSSR count). The summed E-state index contributed by atoms with van der Waals surface area (Å²) in [5.41, 5.74) is -0.672. The summed E-state index contributed by atoms with van der Waals surface area (Å²) in [6, 6.07) is 5.67. The molecule has 1 aliphatic rings. The third-order valence-electron chi connectivity index (χ3n) is 8.78. The minimum Gasteiger partial charge on any atom is -0.490 e. The van der Waals surface area contributed by atoms with E-state index in [0.717, 1.165) is 23.9 Å². The number of nitrogens with one attached hydrogen (secondary N) is 2. The van der Waals surface area contributed by atoms with E-state index in [4.69, 9.17) is 9.16 Å². The second-order valence-corrected chi connectivity index (χ2v) is 19.3. The molecule has 14 heteroatoms. The number of piperidine rings is 1. The number of hydrogen-bond acceptors (Lipinski definition) is 8. The van der Waals surface area contributed by atoms with Gasteiger partial charge in [0, 0.05) is 37.3 Å². The fraction of sp³-hybridized carbons (Fsp3) is 0.500. The fourth-order valence-electron chi connectivity index (χ4n) is 5.32. The molecule has 2 aromatic heterocycles. The predicted octanol–water partition coefficient (Wildman–Crippen LogP) is 6.81. The zero-order valence-corrected chi connectivity index (χ0v) is 29.7. The van der Waals surface area contributed by atoms with Gasteiger partial charge in [-0.2, -0.15) is 0 Å². The topological polar surface area (TPSA) is 129 Å². The zero-order valence-electron chi connectivity index (χ0n) is 28.7. The molecule has 1 aliphatic heterocycles. The summed E-state index contributed by atoms with van der Waals surface area (Å²) in [5.74, 6) is -3.21. The lowest BCUT2D eigenvalue weighted by molar-refractivity contribution is 0.0282. The van der Waals surface area contributed by atoms with Crippen LogP contribution in [0.1, 0.15) is 47.2 Å². The first-order chi connectivity index (χ1) is 22.3. The Hall–Kier alpha value is -3.88. The highest BCUT2D eigenvalue weighted by Gasteiger charge is 2.45. The Balaban J connectivity index is 1.55. The molecule has 0 spiro atoms. The number of halogens is 3. The SMILES string of the molecule is C[C@H]1CN(c2ccncc2NCc2ccc(F)c(-c3c(F)cc(OCC(C)(C)O)cc3F)n2)C[C@@H](NC(=O)O)[C@@H]1O[Si](C)(C)C(C)(C)C. The van der Waals surface area contributed by atoms with Crippen LogP contribution in [0, 0.1) is 23.4 Å². The molecule has 3 heterocycles. The first-order valence-electron chi connectivity index (χ1n) is 15.9. The number of rotatable bonds is 11. The molecule has 3 aromatic rings. The molecule has 1 amide bonds. The monoisotopic (exact) mass is 689 g/mol. The molecular weight excluding hydrogens is 643 g/mol. The number of pyridine rings is 2. The van der Waals surface area contributed by atoms with E-state index in [1.807, 2.05) is 13.0 Å². The van der Waals surface area contributed by atoms with Crippen molar-refractivity contribution < 1.29 is 37.3 Å². The summed E-state index contributed by atoms with van der Waals surface area (Å²) >= 11 is 0. The molecule has 1 saturated heterocycles. The number of amides is 1. The van der Waals surface area contributed by atoms with Gasteiger partial charge in [0.15, 0.2) is 8.32 Å². The zero-order chi connectivity index (χ0) is 35.6. The van der Waals surface area contributed by atoms with Gasteiger partial charge < -0.3 is 34.9 Å². The number of ether oxygens (including phenoxy) is 1. The summed E-state index contributed by atoms with van der Waals surface area (Å²) in [7, 11) is -2.21. The van der Waals surface area contributed by atoms with Gasteiger partial charge >= 0.3 is 6.09 Å². The van der Waals surface area contributed by atoms with Crippen LogP contribution < -0.4 is 20.3 Å². The predicted molar refractivity (Wildman–Crippen MR) is 181 cm³/mol. The summed E-state index contributed by atoms with van der Waals surface area (Å²) in [4.78, 5) is 22.4. The number of nitrogens with zero attached hydrogens (tertiary/aromatic N) is 3. The lowest BCUT2D eigenvalue weighted by atomic mass is 9.92. The van der Waals surface area contributed by atoms with Crippen LogP contribution in [-0.2, 0) is 11.0 Å². The number of aromatic nitrogens is 2. The van der Waals surface area contributed by atoms with Crippen LogP contribution in [-0.4, -0.2) is 72.0 Å². The van der Waals surface area contributed by atoms with Crippen molar-refractivity contribution in [3.63, 3.8) is 0 Å². The van der Waals surface area contributed by atoms with Gasteiger partial charge in [0.25, 0.3) is 0 Å². The van der Waals surface area contributed by atoms with Crippen molar-refractivity contribution in [1.82, 2.24) is 15.3 Å². The first kappa shape index (κ1) is 36.9. The third-order valence-corrected chi connectivity index (χ3v) is 13.2.